The second-order valence-corrected chi connectivity index (χ2v) is 11.2. The molecular formula is C36H36F2N2O7. The summed E-state index contributed by atoms with van der Waals surface area (Å²) in [5, 5.41) is 32.5. The van der Waals surface area contributed by atoms with Gasteiger partial charge in [0.1, 0.15) is 17.3 Å². The molecule has 0 aliphatic heterocycles. The molecule has 4 aromatic rings. The average Bonchev–Trinajstić information content (AvgIpc) is 3.38. The number of hydrogen-bond donors (Lipinski definition) is 4. The van der Waals surface area contributed by atoms with Gasteiger partial charge in [0.15, 0.2) is 0 Å². The summed E-state index contributed by atoms with van der Waals surface area (Å²) >= 11 is 0. The predicted molar refractivity (Wildman–Crippen MR) is 172 cm³/mol. The first-order chi connectivity index (χ1) is 22.4. The van der Waals surface area contributed by atoms with E-state index in [0.29, 0.717) is 27.9 Å². The molecule has 0 bridgehead atoms. The highest BCUT2D eigenvalue weighted by Crippen LogP contribution is 2.42. The van der Waals surface area contributed by atoms with E-state index in [-0.39, 0.29) is 35.8 Å². The fourth-order valence-corrected chi connectivity index (χ4v) is 5.36. The van der Waals surface area contributed by atoms with Gasteiger partial charge in [0.25, 0.3) is 5.91 Å². The maximum absolute atomic E-state index is 14.9. The van der Waals surface area contributed by atoms with Crippen LogP contribution in [0, 0.1) is 11.6 Å². The van der Waals surface area contributed by atoms with Crippen LogP contribution in [0.1, 0.15) is 64.8 Å². The lowest BCUT2D eigenvalue weighted by Gasteiger charge is -2.17. The number of benzene rings is 3. The van der Waals surface area contributed by atoms with Crippen molar-refractivity contribution >= 4 is 23.9 Å². The number of aliphatic carboxylic acids is 1. The van der Waals surface area contributed by atoms with Crippen molar-refractivity contribution in [2.75, 3.05) is 7.11 Å². The van der Waals surface area contributed by atoms with Gasteiger partial charge < -0.3 is 29.9 Å². The molecule has 0 aliphatic carbocycles. The number of aliphatic hydroxyl groups is 2. The van der Waals surface area contributed by atoms with Gasteiger partial charge in [0.05, 0.1) is 31.3 Å². The number of nitrogens with one attached hydrogen (secondary N) is 1. The minimum absolute atomic E-state index is 0.0261. The van der Waals surface area contributed by atoms with Gasteiger partial charge >= 0.3 is 11.9 Å². The Bertz CT molecular complexity index is 1770. The lowest BCUT2D eigenvalue weighted by atomic mass is 9.94. The van der Waals surface area contributed by atoms with Crippen LogP contribution in [0.2, 0.25) is 0 Å². The first kappa shape index (κ1) is 34.7. The van der Waals surface area contributed by atoms with Crippen LogP contribution in [0.3, 0.4) is 0 Å². The first-order valence-corrected chi connectivity index (χ1v) is 14.9. The maximum atomic E-state index is 14.9. The van der Waals surface area contributed by atoms with Gasteiger partial charge in [0, 0.05) is 41.4 Å². The van der Waals surface area contributed by atoms with Gasteiger partial charge in [0.2, 0.25) is 0 Å². The van der Waals surface area contributed by atoms with E-state index in [9.17, 15) is 33.4 Å². The number of hydrogen-bond acceptors (Lipinski definition) is 6. The molecule has 4 rings (SSSR count). The van der Waals surface area contributed by atoms with Crippen LogP contribution in [0.5, 0.6) is 0 Å². The van der Waals surface area contributed by atoms with E-state index in [0.717, 1.165) is 6.07 Å². The molecule has 0 saturated heterocycles. The van der Waals surface area contributed by atoms with Gasteiger partial charge in [-0.25, -0.2) is 13.6 Å². The Morgan fingerprint density at radius 3 is 2.19 bits per heavy atom. The molecule has 1 heterocycles. The Morgan fingerprint density at radius 1 is 0.936 bits per heavy atom. The van der Waals surface area contributed by atoms with Crippen molar-refractivity contribution in [3.63, 3.8) is 0 Å². The number of aliphatic hydroxyl groups excluding tert-OH is 2. The van der Waals surface area contributed by atoms with E-state index in [2.05, 4.69) is 10.1 Å². The number of carbonyl (C=O) groups is 3. The molecule has 9 nitrogen and oxygen atoms in total. The SMILES string of the molecule is COC(=O)c1ccc(CNC(=O)c2c(-c3ccccc3)c(-c3ccc(F)cc3)c(C=CC(O)CC(O)CC(=O)O)n2C(C)C)c(F)c1. The number of aromatic nitrogens is 1. The third-order valence-electron chi connectivity index (χ3n) is 7.48. The second kappa shape index (κ2) is 15.4. The van der Waals surface area contributed by atoms with Crippen molar-refractivity contribution in [2.45, 2.75) is 51.5 Å². The van der Waals surface area contributed by atoms with Crippen LogP contribution >= 0.6 is 0 Å². The summed E-state index contributed by atoms with van der Waals surface area (Å²) in [6, 6.07) is 18.3. The number of ether oxygens (including phenoxy) is 1. The van der Waals surface area contributed by atoms with E-state index >= 15 is 0 Å². The molecule has 3 aromatic carbocycles. The van der Waals surface area contributed by atoms with Gasteiger partial charge in [-0.05, 0) is 55.3 Å². The second-order valence-electron chi connectivity index (χ2n) is 11.2. The fraction of sp³-hybridized carbons (Fsp3) is 0.250. The standard InChI is InChI=1S/C36H36F2N2O7/c1-21(2)40-30(16-15-27(41)18-28(42)19-31(43)44)32(23-11-13-26(37)14-12-23)33(22-7-5-4-6-8-22)34(40)35(45)39-20-25-10-9-24(17-29(25)38)36(46)47-3/h4-17,21,27-28,41-42H,18-20H2,1-3H3,(H,39,45)(H,43,44). The van der Waals surface area contributed by atoms with E-state index in [4.69, 9.17) is 5.11 Å². The summed E-state index contributed by atoms with van der Waals surface area (Å²) in [5.41, 5.74) is 3.16. The highest BCUT2D eigenvalue weighted by molar-refractivity contribution is 6.06. The van der Waals surface area contributed by atoms with Gasteiger partial charge in [-0.3, -0.25) is 9.59 Å². The predicted octanol–water partition coefficient (Wildman–Crippen LogP) is 6.00. The molecular weight excluding hydrogens is 610 g/mol. The Balaban J connectivity index is 1.87. The van der Waals surface area contributed by atoms with Gasteiger partial charge in [-0.1, -0.05) is 54.6 Å². The zero-order chi connectivity index (χ0) is 34.2. The average molecular weight is 647 g/mol. The number of esters is 1. The number of nitrogens with zero attached hydrogens (tertiary/aromatic N) is 1. The number of carbonyl (C=O) groups excluding carboxylic acids is 2. The first-order valence-electron chi connectivity index (χ1n) is 14.9. The Kier molecular flexibility index (Phi) is 11.4. The van der Waals surface area contributed by atoms with Crippen LogP contribution < -0.4 is 5.32 Å². The Morgan fingerprint density at radius 2 is 1.60 bits per heavy atom. The molecule has 0 spiro atoms. The molecule has 0 radical (unpaired) electrons. The summed E-state index contributed by atoms with van der Waals surface area (Å²) in [6.45, 7) is 3.51. The van der Waals surface area contributed by atoms with E-state index in [1.54, 1.807) is 34.9 Å². The fourth-order valence-electron chi connectivity index (χ4n) is 5.36. The molecule has 11 heteroatoms. The van der Waals surface area contributed by atoms with Gasteiger partial charge in [-0.2, -0.15) is 0 Å². The van der Waals surface area contributed by atoms with Crippen LogP contribution in [0.15, 0.2) is 78.9 Å². The molecule has 1 amide bonds. The number of methoxy groups -OCH3 is 1. The number of rotatable bonds is 13. The molecule has 246 valence electrons. The number of amides is 1. The minimum atomic E-state index is -1.29. The normalized spacial score (nSPS) is 12.7. The Labute approximate surface area is 270 Å². The minimum Gasteiger partial charge on any atom is -0.481 e. The highest BCUT2D eigenvalue weighted by atomic mass is 19.1. The molecule has 0 fully saturated rings. The number of carboxylic acids is 1. The van der Waals surface area contributed by atoms with Crippen LogP contribution in [-0.2, 0) is 16.1 Å². The summed E-state index contributed by atoms with van der Waals surface area (Å²) in [5.74, 6) is -3.61. The largest absolute Gasteiger partial charge is 0.481 e. The number of carboxylic acid groups (broad SMARTS) is 1. The van der Waals surface area contributed by atoms with Crippen molar-refractivity contribution in [3.05, 3.63) is 113 Å². The summed E-state index contributed by atoms with van der Waals surface area (Å²) in [6.07, 6.45) is -0.302. The van der Waals surface area contributed by atoms with Crippen LogP contribution in [0.4, 0.5) is 8.78 Å². The van der Waals surface area contributed by atoms with Crippen molar-refractivity contribution in [2.24, 2.45) is 0 Å². The molecule has 47 heavy (non-hydrogen) atoms. The topological polar surface area (TPSA) is 138 Å². The zero-order valence-corrected chi connectivity index (χ0v) is 26.1. The molecule has 2 unspecified atom stereocenters. The van der Waals surface area contributed by atoms with E-state index < -0.39 is 48.1 Å². The highest BCUT2D eigenvalue weighted by Gasteiger charge is 2.29. The summed E-state index contributed by atoms with van der Waals surface area (Å²) < 4.78 is 35.4. The monoisotopic (exact) mass is 646 g/mol. The third kappa shape index (κ3) is 8.37. The quantitative estimate of drug-likeness (QED) is 0.131. The van der Waals surface area contributed by atoms with Crippen molar-refractivity contribution in [1.82, 2.24) is 9.88 Å². The lowest BCUT2D eigenvalue weighted by molar-refractivity contribution is -0.139. The number of halogens is 2. The lowest BCUT2D eigenvalue weighted by Crippen LogP contribution is -2.27. The van der Waals surface area contributed by atoms with Crippen molar-refractivity contribution in [3.8, 4) is 22.3 Å². The Hall–Kier alpha value is -5.13. The van der Waals surface area contributed by atoms with Crippen molar-refractivity contribution in [1.29, 1.82) is 0 Å². The van der Waals surface area contributed by atoms with Crippen molar-refractivity contribution < 1.29 is 43.2 Å². The van der Waals surface area contributed by atoms with Gasteiger partial charge in [-0.15, -0.1) is 0 Å². The van der Waals surface area contributed by atoms with Crippen LogP contribution in [-0.4, -0.2) is 57.1 Å². The summed E-state index contributed by atoms with van der Waals surface area (Å²) in [7, 11) is 1.19. The zero-order valence-electron chi connectivity index (χ0n) is 26.1. The molecule has 0 aliphatic rings. The maximum Gasteiger partial charge on any atom is 0.337 e. The van der Waals surface area contributed by atoms with E-state index in [1.165, 1.54) is 37.5 Å². The smallest absolute Gasteiger partial charge is 0.337 e. The molecule has 1 aromatic heterocycles. The summed E-state index contributed by atoms with van der Waals surface area (Å²) in [4.78, 5) is 37.0. The molecule has 4 N–H and O–H groups in total. The van der Waals surface area contributed by atoms with Crippen LogP contribution in [0.25, 0.3) is 28.3 Å². The molecule has 0 saturated carbocycles. The third-order valence-corrected chi connectivity index (χ3v) is 7.48. The molecule has 2 atom stereocenters. The van der Waals surface area contributed by atoms with E-state index in [1.807, 2.05) is 32.0 Å².